The first-order chi connectivity index (χ1) is 14.2. The first-order valence-corrected chi connectivity index (χ1v) is 9.20. The van der Waals surface area contributed by atoms with E-state index in [0.29, 0.717) is 19.8 Å². The number of hydrogen-bond donors (Lipinski definition) is 2. The maximum Gasteiger partial charge on any atom is 0.290 e. The van der Waals surface area contributed by atoms with E-state index in [4.69, 9.17) is 28.8 Å². The molecule has 3 aliphatic heterocycles. The Morgan fingerprint density at radius 3 is 2.86 bits per heavy atom. The molecule has 0 spiro atoms. The first-order valence-electron chi connectivity index (χ1n) is 9.20. The third-order valence-corrected chi connectivity index (χ3v) is 5.24. The molecule has 2 saturated heterocycles. The number of benzene rings is 1. The Hall–Kier alpha value is -2.88. The maximum absolute atomic E-state index is 9.97. The van der Waals surface area contributed by atoms with Crippen LogP contribution in [-0.2, 0) is 14.3 Å². The minimum Gasteiger partial charge on any atom is -0.497 e. The predicted molar refractivity (Wildman–Crippen MR) is 102 cm³/mol. The van der Waals surface area contributed by atoms with Gasteiger partial charge in [-0.15, -0.1) is 0 Å². The minimum atomic E-state index is -0.562. The largest absolute Gasteiger partial charge is 0.497 e. The van der Waals surface area contributed by atoms with E-state index in [1.807, 2.05) is 24.4 Å². The summed E-state index contributed by atoms with van der Waals surface area (Å²) < 4.78 is 24.8. The van der Waals surface area contributed by atoms with Gasteiger partial charge in [0.1, 0.15) is 42.2 Å². The van der Waals surface area contributed by atoms with Gasteiger partial charge in [-0.05, 0) is 24.3 Å². The Balaban J connectivity index is 0.000000645. The van der Waals surface area contributed by atoms with Gasteiger partial charge in [-0.1, -0.05) is 0 Å². The van der Waals surface area contributed by atoms with Crippen LogP contribution in [0.3, 0.4) is 0 Å². The SMILES string of the molecule is COc1ccc2c(c1)C=C(c1nccn1[C@H]1CO[C@H]3[C@@H]1OC[C@H]3O)CO2.O=CO. The van der Waals surface area contributed by atoms with Gasteiger partial charge in [-0.25, -0.2) is 4.98 Å². The summed E-state index contributed by atoms with van der Waals surface area (Å²) in [6.07, 6.45) is 4.80. The van der Waals surface area contributed by atoms with Crippen LogP contribution in [0, 0.1) is 0 Å². The number of aromatic nitrogens is 2. The van der Waals surface area contributed by atoms with Crippen LogP contribution in [0.5, 0.6) is 11.5 Å². The van der Waals surface area contributed by atoms with Crippen molar-refractivity contribution in [2.24, 2.45) is 0 Å². The molecule has 2 fully saturated rings. The Kier molecular flexibility index (Phi) is 5.52. The summed E-state index contributed by atoms with van der Waals surface area (Å²) in [6.45, 7) is 1.00. The van der Waals surface area contributed by atoms with Crippen LogP contribution in [-0.4, -0.2) is 71.5 Å². The van der Waals surface area contributed by atoms with Crippen LogP contribution in [0.1, 0.15) is 17.4 Å². The molecule has 1 aromatic carbocycles. The molecule has 3 aliphatic rings. The zero-order chi connectivity index (χ0) is 20.4. The normalized spacial score (nSPS) is 27.0. The molecule has 154 valence electrons. The molecule has 2 aromatic rings. The van der Waals surface area contributed by atoms with Gasteiger partial charge in [-0.3, -0.25) is 4.79 Å². The van der Waals surface area contributed by atoms with Gasteiger partial charge in [0.25, 0.3) is 6.47 Å². The lowest BCUT2D eigenvalue weighted by Gasteiger charge is -2.23. The van der Waals surface area contributed by atoms with Crippen LogP contribution in [0.25, 0.3) is 11.6 Å². The molecule has 1 aromatic heterocycles. The van der Waals surface area contributed by atoms with E-state index in [1.165, 1.54) is 0 Å². The molecule has 9 nitrogen and oxygen atoms in total. The molecule has 0 aliphatic carbocycles. The van der Waals surface area contributed by atoms with Gasteiger partial charge in [0.2, 0.25) is 0 Å². The van der Waals surface area contributed by atoms with Crippen LogP contribution < -0.4 is 9.47 Å². The second-order valence-electron chi connectivity index (χ2n) is 6.86. The molecule has 2 N–H and O–H groups in total. The number of carboxylic acid groups (broad SMARTS) is 1. The van der Waals surface area contributed by atoms with Gasteiger partial charge in [0.15, 0.2) is 0 Å². The molecule has 0 radical (unpaired) electrons. The Bertz CT molecular complexity index is 910. The predicted octanol–water partition coefficient (Wildman–Crippen LogP) is 1.23. The van der Waals surface area contributed by atoms with Crippen molar-refractivity contribution in [2.75, 3.05) is 26.9 Å². The summed E-state index contributed by atoms with van der Waals surface area (Å²) in [6, 6.07) is 5.74. The third kappa shape index (κ3) is 3.59. The average molecular weight is 402 g/mol. The molecule has 4 atom stereocenters. The van der Waals surface area contributed by atoms with Crippen molar-refractivity contribution in [3.63, 3.8) is 0 Å². The van der Waals surface area contributed by atoms with E-state index < -0.39 is 6.10 Å². The summed E-state index contributed by atoms with van der Waals surface area (Å²) in [7, 11) is 1.65. The highest BCUT2D eigenvalue weighted by atomic mass is 16.6. The maximum atomic E-state index is 9.97. The fourth-order valence-corrected chi connectivity index (χ4v) is 3.94. The van der Waals surface area contributed by atoms with Crippen molar-refractivity contribution in [2.45, 2.75) is 24.4 Å². The number of carbonyl (C=O) groups is 1. The zero-order valence-corrected chi connectivity index (χ0v) is 15.8. The fraction of sp³-hybridized carbons (Fsp3) is 0.400. The second-order valence-corrected chi connectivity index (χ2v) is 6.86. The third-order valence-electron chi connectivity index (χ3n) is 5.24. The van der Waals surface area contributed by atoms with Gasteiger partial charge in [0, 0.05) is 23.5 Å². The van der Waals surface area contributed by atoms with Crippen molar-refractivity contribution < 1.29 is 34.0 Å². The molecule has 9 heteroatoms. The lowest BCUT2D eigenvalue weighted by atomic mass is 10.0. The number of nitrogens with zero attached hydrogens (tertiary/aromatic N) is 2. The van der Waals surface area contributed by atoms with Crippen LogP contribution in [0.2, 0.25) is 0 Å². The molecule has 0 saturated carbocycles. The summed E-state index contributed by atoms with van der Waals surface area (Å²) in [4.78, 5) is 12.9. The van der Waals surface area contributed by atoms with Crippen molar-refractivity contribution in [3.8, 4) is 11.5 Å². The number of fused-ring (bicyclic) bond motifs is 2. The molecular formula is C20H22N2O7. The molecular weight excluding hydrogens is 380 g/mol. The summed E-state index contributed by atoms with van der Waals surface area (Å²) in [5.41, 5.74) is 1.95. The van der Waals surface area contributed by atoms with E-state index in [2.05, 4.69) is 15.6 Å². The van der Waals surface area contributed by atoms with Crippen LogP contribution >= 0.6 is 0 Å². The van der Waals surface area contributed by atoms with E-state index in [-0.39, 0.29) is 24.7 Å². The second kappa shape index (κ2) is 8.24. The van der Waals surface area contributed by atoms with Gasteiger partial charge in [0.05, 0.1) is 26.4 Å². The van der Waals surface area contributed by atoms with Gasteiger partial charge >= 0.3 is 0 Å². The highest BCUT2D eigenvalue weighted by Gasteiger charge is 2.48. The quantitative estimate of drug-likeness (QED) is 0.737. The molecule has 5 rings (SSSR count). The Labute approximate surface area is 167 Å². The summed E-state index contributed by atoms with van der Waals surface area (Å²) in [5, 5.41) is 16.9. The van der Waals surface area contributed by atoms with Gasteiger partial charge in [-0.2, -0.15) is 0 Å². The zero-order valence-electron chi connectivity index (χ0n) is 15.8. The van der Waals surface area contributed by atoms with E-state index >= 15 is 0 Å². The van der Waals surface area contributed by atoms with Crippen LogP contribution in [0.15, 0.2) is 30.6 Å². The summed E-state index contributed by atoms with van der Waals surface area (Å²) >= 11 is 0. The molecule has 4 heterocycles. The van der Waals surface area contributed by atoms with E-state index in [0.717, 1.165) is 28.5 Å². The minimum absolute atomic E-state index is 0.0118. The van der Waals surface area contributed by atoms with Crippen molar-refractivity contribution in [1.82, 2.24) is 9.55 Å². The highest BCUT2D eigenvalue weighted by molar-refractivity contribution is 5.83. The molecule has 29 heavy (non-hydrogen) atoms. The topological polar surface area (TPSA) is 112 Å². The smallest absolute Gasteiger partial charge is 0.290 e. The number of aliphatic hydroxyl groups excluding tert-OH is 1. The average Bonchev–Trinajstić information content (AvgIpc) is 3.45. The molecule has 0 unspecified atom stereocenters. The van der Waals surface area contributed by atoms with E-state index in [9.17, 15) is 5.11 Å². The number of hydrogen-bond acceptors (Lipinski definition) is 7. The number of aliphatic hydroxyl groups is 1. The number of rotatable bonds is 3. The highest BCUT2D eigenvalue weighted by Crippen LogP contribution is 2.37. The fourth-order valence-electron chi connectivity index (χ4n) is 3.94. The number of imidazole rings is 1. The van der Waals surface area contributed by atoms with E-state index in [1.54, 1.807) is 13.3 Å². The van der Waals surface area contributed by atoms with Crippen molar-refractivity contribution >= 4 is 18.1 Å². The lowest BCUT2D eigenvalue weighted by molar-refractivity contribution is -0.122. The Morgan fingerprint density at radius 2 is 2.07 bits per heavy atom. The van der Waals surface area contributed by atoms with Gasteiger partial charge < -0.3 is 33.7 Å². The standard InChI is InChI=1S/C19H20N2O5.CH2O2/c1-23-13-2-3-16-11(7-13)6-12(8-24-16)19-20-4-5-21(19)14-9-25-18-15(22)10-26-17(14)18;2-1-3/h2-7,14-15,17-18,22H,8-10H2,1H3;1H,(H,2,3)/t14-,15+,17+,18+;/m0./s1. The summed E-state index contributed by atoms with van der Waals surface area (Å²) in [5.74, 6) is 2.45. The molecule has 0 amide bonds. The van der Waals surface area contributed by atoms with Crippen molar-refractivity contribution in [3.05, 3.63) is 42.0 Å². The van der Waals surface area contributed by atoms with Crippen LogP contribution in [0.4, 0.5) is 0 Å². The first kappa shape index (κ1) is 19.4. The van der Waals surface area contributed by atoms with Crippen molar-refractivity contribution in [1.29, 1.82) is 0 Å². The monoisotopic (exact) mass is 402 g/mol. The lowest BCUT2D eigenvalue weighted by Crippen LogP contribution is -2.30. The number of methoxy groups -OCH3 is 1. The Morgan fingerprint density at radius 1 is 1.28 bits per heavy atom. The number of ether oxygens (including phenoxy) is 4. The molecule has 0 bridgehead atoms.